The number of hydrogen-bond acceptors (Lipinski definition) is 4. The molecule has 0 amide bonds. The number of hydrogen-bond donors (Lipinski definition) is 1. The summed E-state index contributed by atoms with van der Waals surface area (Å²) in [6, 6.07) is 24.4. The molecule has 0 aliphatic heterocycles. The van der Waals surface area contributed by atoms with Crippen molar-refractivity contribution in [1.82, 2.24) is 4.73 Å². The molecule has 4 aromatic rings. The average molecular weight is 418 g/mol. The van der Waals surface area contributed by atoms with Crippen LogP contribution in [0.15, 0.2) is 82.5 Å². The van der Waals surface area contributed by atoms with Gasteiger partial charge in [0.05, 0.1) is 5.69 Å². The van der Waals surface area contributed by atoms with Crippen molar-refractivity contribution >= 4 is 22.5 Å². The van der Waals surface area contributed by atoms with E-state index >= 15 is 0 Å². The number of rotatable bonds is 6. The number of aromatic nitrogens is 1. The minimum Gasteiger partial charge on any atom is -0.487 e. The number of nitrogens with zero attached hydrogens (tertiary/aromatic N) is 1. The normalized spacial score (nSPS) is 11.0. The first-order valence-corrected chi connectivity index (χ1v) is 10.7. The van der Waals surface area contributed by atoms with Gasteiger partial charge in [0.2, 0.25) is 0 Å². The van der Waals surface area contributed by atoms with Crippen molar-refractivity contribution in [2.24, 2.45) is 0 Å². The van der Waals surface area contributed by atoms with Gasteiger partial charge >= 0.3 is 0 Å². The molecule has 4 rings (SSSR count). The second-order valence-corrected chi connectivity index (χ2v) is 8.30. The lowest BCUT2D eigenvalue weighted by Gasteiger charge is -2.12. The van der Waals surface area contributed by atoms with E-state index < -0.39 is 5.56 Å². The standard InChI is InChI=1S/C25H23NO3S/c1-17-13-21(26(28)25(27)18(17)2)15-29-22-10-6-11-23(14-22)30-16-20-9-5-8-19-7-3-4-12-24(19)20/h3-14,28H,15-16H2,1-2H3. The van der Waals surface area contributed by atoms with E-state index in [-0.39, 0.29) is 6.61 Å². The zero-order chi connectivity index (χ0) is 21.1. The summed E-state index contributed by atoms with van der Waals surface area (Å²) in [5.41, 5.74) is 2.69. The maximum Gasteiger partial charge on any atom is 0.286 e. The van der Waals surface area contributed by atoms with E-state index in [0.717, 1.165) is 16.2 Å². The highest BCUT2D eigenvalue weighted by Crippen LogP contribution is 2.29. The third-order valence-corrected chi connectivity index (χ3v) is 6.27. The molecule has 30 heavy (non-hydrogen) atoms. The Bertz CT molecular complexity index is 1260. The predicted octanol–water partition coefficient (Wildman–Crippen LogP) is 5.73. The Labute approximate surface area is 179 Å². The van der Waals surface area contributed by atoms with Crippen LogP contribution in [0.25, 0.3) is 10.8 Å². The van der Waals surface area contributed by atoms with Crippen molar-refractivity contribution in [2.75, 3.05) is 0 Å². The zero-order valence-corrected chi connectivity index (χ0v) is 17.8. The Kier molecular flexibility index (Phi) is 5.81. The van der Waals surface area contributed by atoms with Crippen molar-refractivity contribution in [3.05, 3.63) is 106 Å². The topological polar surface area (TPSA) is 51.5 Å². The lowest BCUT2D eigenvalue weighted by Crippen LogP contribution is -2.25. The van der Waals surface area contributed by atoms with Crippen LogP contribution in [0.4, 0.5) is 0 Å². The predicted molar refractivity (Wildman–Crippen MR) is 122 cm³/mol. The van der Waals surface area contributed by atoms with E-state index in [1.807, 2.05) is 25.1 Å². The summed E-state index contributed by atoms with van der Waals surface area (Å²) in [4.78, 5) is 13.1. The molecule has 0 bridgehead atoms. The summed E-state index contributed by atoms with van der Waals surface area (Å²) < 4.78 is 6.52. The van der Waals surface area contributed by atoms with Crippen LogP contribution in [0.5, 0.6) is 5.75 Å². The summed E-state index contributed by atoms with van der Waals surface area (Å²) in [5.74, 6) is 1.56. The Morgan fingerprint density at radius 1 is 0.967 bits per heavy atom. The second-order valence-electron chi connectivity index (χ2n) is 7.25. The van der Waals surface area contributed by atoms with Gasteiger partial charge in [0.25, 0.3) is 5.56 Å². The van der Waals surface area contributed by atoms with Crippen LogP contribution in [0.3, 0.4) is 0 Å². The fraction of sp³-hybridized carbons (Fsp3) is 0.160. The van der Waals surface area contributed by atoms with Crippen molar-refractivity contribution in [3.63, 3.8) is 0 Å². The van der Waals surface area contributed by atoms with Gasteiger partial charge in [-0.1, -0.05) is 48.5 Å². The molecule has 0 aliphatic rings. The maximum atomic E-state index is 12.0. The molecule has 1 heterocycles. The highest BCUT2D eigenvalue weighted by Gasteiger charge is 2.10. The van der Waals surface area contributed by atoms with Gasteiger partial charge < -0.3 is 9.94 Å². The van der Waals surface area contributed by atoms with Crippen LogP contribution < -0.4 is 10.3 Å². The summed E-state index contributed by atoms with van der Waals surface area (Å²) >= 11 is 1.75. The van der Waals surface area contributed by atoms with Gasteiger partial charge in [-0.2, -0.15) is 0 Å². The monoisotopic (exact) mass is 417 g/mol. The number of thioether (sulfide) groups is 1. The SMILES string of the molecule is Cc1cc(COc2cccc(SCc3cccc4ccccc34)c2)n(O)c(=O)c1C. The molecule has 0 radical (unpaired) electrons. The Morgan fingerprint density at radius 2 is 1.73 bits per heavy atom. The largest absolute Gasteiger partial charge is 0.487 e. The molecule has 0 unspecified atom stereocenters. The molecule has 152 valence electrons. The quantitative estimate of drug-likeness (QED) is 0.322. The van der Waals surface area contributed by atoms with Gasteiger partial charge in [-0.05, 0) is 60.0 Å². The lowest BCUT2D eigenvalue weighted by atomic mass is 10.1. The average Bonchev–Trinajstić information content (AvgIpc) is 2.78. The summed E-state index contributed by atoms with van der Waals surface area (Å²) in [7, 11) is 0. The zero-order valence-electron chi connectivity index (χ0n) is 17.0. The van der Waals surface area contributed by atoms with Crippen LogP contribution in [-0.2, 0) is 12.4 Å². The summed E-state index contributed by atoms with van der Waals surface area (Å²) in [6.45, 7) is 3.67. The second kappa shape index (κ2) is 8.67. The van der Waals surface area contributed by atoms with Crippen molar-refractivity contribution in [1.29, 1.82) is 0 Å². The summed E-state index contributed by atoms with van der Waals surface area (Å²) in [5, 5.41) is 12.6. The lowest BCUT2D eigenvalue weighted by molar-refractivity contribution is 0.147. The van der Waals surface area contributed by atoms with Crippen LogP contribution in [0.2, 0.25) is 0 Å². The molecule has 0 spiro atoms. The van der Waals surface area contributed by atoms with Gasteiger partial charge in [-0.15, -0.1) is 16.5 Å². The van der Waals surface area contributed by atoms with Gasteiger partial charge in [0.1, 0.15) is 12.4 Å². The number of ether oxygens (including phenoxy) is 1. The molecule has 0 saturated heterocycles. The Hall–Kier alpha value is -3.18. The molecular weight excluding hydrogens is 394 g/mol. The molecule has 0 atom stereocenters. The maximum absolute atomic E-state index is 12.0. The number of pyridine rings is 1. The molecule has 1 N–H and O–H groups in total. The first-order chi connectivity index (χ1) is 14.5. The Morgan fingerprint density at radius 3 is 2.60 bits per heavy atom. The molecule has 0 aliphatic carbocycles. The number of benzene rings is 3. The number of aryl methyl sites for hydroxylation is 1. The van der Waals surface area contributed by atoms with Gasteiger partial charge in [-0.25, -0.2) is 0 Å². The third kappa shape index (κ3) is 4.21. The van der Waals surface area contributed by atoms with E-state index in [0.29, 0.717) is 21.7 Å². The minimum atomic E-state index is -0.409. The Balaban J connectivity index is 1.46. The van der Waals surface area contributed by atoms with E-state index in [2.05, 4.69) is 48.5 Å². The van der Waals surface area contributed by atoms with Crippen molar-refractivity contribution in [2.45, 2.75) is 31.1 Å². The van der Waals surface area contributed by atoms with Gasteiger partial charge in [-0.3, -0.25) is 4.79 Å². The molecule has 5 heteroatoms. The number of fused-ring (bicyclic) bond motifs is 1. The van der Waals surface area contributed by atoms with Crippen LogP contribution >= 0.6 is 11.8 Å². The van der Waals surface area contributed by atoms with E-state index in [4.69, 9.17) is 4.74 Å². The van der Waals surface area contributed by atoms with E-state index in [9.17, 15) is 10.0 Å². The molecule has 4 nitrogen and oxygen atoms in total. The minimum absolute atomic E-state index is 0.115. The fourth-order valence-corrected chi connectivity index (χ4v) is 4.32. The molecule has 3 aromatic carbocycles. The first-order valence-electron chi connectivity index (χ1n) is 9.76. The van der Waals surface area contributed by atoms with Crippen LogP contribution in [-0.4, -0.2) is 9.94 Å². The molecule has 0 saturated carbocycles. The highest BCUT2D eigenvalue weighted by atomic mass is 32.2. The fourth-order valence-electron chi connectivity index (χ4n) is 3.37. The van der Waals surface area contributed by atoms with Crippen LogP contribution in [0.1, 0.15) is 22.4 Å². The van der Waals surface area contributed by atoms with Crippen LogP contribution in [0, 0.1) is 13.8 Å². The summed E-state index contributed by atoms with van der Waals surface area (Å²) in [6.07, 6.45) is 0. The van der Waals surface area contributed by atoms with Gasteiger partial charge in [0, 0.05) is 16.2 Å². The van der Waals surface area contributed by atoms with Crippen molar-refractivity contribution < 1.29 is 9.94 Å². The van der Waals surface area contributed by atoms with E-state index in [1.165, 1.54) is 16.3 Å². The molecule has 0 fully saturated rings. The van der Waals surface area contributed by atoms with E-state index in [1.54, 1.807) is 24.8 Å². The molecule has 1 aromatic heterocycles. The van der Waals surface area contributed by atoms with Gasteiger partial charge in [0.15, 0.2) is 0 Å². The third-order valence-electron chi connectivity index (χ3n) is 5.23. The first kappa shape index (κ1) is 20.1. The smallest absolute Gasteiger partial charge is 0.286 e. The molecular formula is C25H23NO3S. The van der Waals surface area contributed by atoms with Crippen molar-refractivity contribution in [3.8, 4) is 5.75 Å². The highest BCUT2D eigenvalue weighted by molar-refractivity contribution is 7.98.